The van der Waals surface area contributed by atoms with Gasteiger partial charge in [-0.3, -0.25) is 9.59 Å². The first-order valence-electron chi connectivity index (χ1n) is 10.4. The average Bonchev–Trinajstić information content (AvgIpc) is 3.18. The maximum atomic E-state index is 11.6. The van der Waals surface area contributed by atoms with Gasteiger partial charge >= 0.3 is 17.9 Å². The number of ether oxygens (including phenoxy) is 6. The Morgan fingerprint density at radius 3 is 2.29 bits per heavy atom. The van der Waals surface area contributed by atoms with Crippen LogP contribution in [0.4, 0.5) is 0 Å². The molecule has 0 fully saturated rings. The first-order valence-corrected chi connectivity index (χ1v) is 10.4. The number of esters is 3. The van der Waals surface area contributed by atoms with Crippen molar-refractivity contribution in [2.45, 2.75) is 25.9 Å². The van der Waals surface area contributed by atoms with Crippen LogP contribution in [0.2, 0.25) is 0 Å². The Morgan fingerprint density at radius 1 is 0.941 bits per heavy atom. The summed E-state index contributed by atoms with van der Waals surface area (Å²) >= 11 is 0. The molecule has 0 amide bonds. The topological polar surface area (TPSA) is 107 Å². The molecule has 0 unspecified atom stereocenters. The Labute approximate surface area is 197 Å². The molecule has 0 spiro atoms. The van der Waals surface area contributed by atoms with Crippen molar-refractivity contribution in [3.63, 3.8) is 0 Å². The molecule has 1 aliphatic heterocycles. The lowest BCUT2D eigenvalue weighted by Gasteiger charge is -2.20. The van der Waals surface area contributed by atoms with E-state index in [1.165, 1.54) is 41.3 Å². The number of benzene rings is 2. The molecule has 9 heteroatoms. The Bertz CT molecular complexity index is 1120. The summed E-state index contributed by atoms with van der Waals surface area (Å²) in [6.45, 7) is 2.69. The molecule has 0 radical (unpaired) electrons. The van der Waals surface area contributed by atoms with E-state index in [1.54, 1.807) is 30.3 Å². The van der Waals surface area contributed by atoms with Gasteiger partial charge in [-0.05, 0) is 41.5 Å². The highest BCUT2D eigenvalue weighted by Crippen LogP contribution is 2.51. The number of carbonyl (C=O) groups excluding carboxylic acids is 3. The van der Waals surface area contributed by atoms with E-state index < -0.39 is 24.0 Å². The van der Waals surface area contributed by atoms with Crippen molar-refractivity contribution in [3.8, 4) is 23.0 Å². The van der Waals surface area contributed by atoms with Crippen LogP contribution in [0.3, 0.4) is 0 Å². The van der Waals surface area contributed by atoms with Crippen molar-refractivity contribution in [3.05, 3.63) is 53.1 Å². The number of rotatable bonds is 8. The second-order valence-electron chi connectivity index (χ2n) is 7.45. The number of methoxy groups -OCH3 is 3. The van der Waals surface area contributed by atoms with Crippen molar-refractivity contribution in [2.75, 3.05) is 27.9 Å². The molecule has 2 aromatic carbocycles. The van der Waals surface area contributed by atoms with Gasteiger partial charge in [0.25, 0.3) is 0 Å². The smallest absolute Gasteiger partial charge is 0.330 e. The molecule has 0 saturated heterocycles. The maximum absolute atomic E-state index is 11.6. The molecule has 0 bridgehead atoms. The van der Waals surface area contributed by atoms with Crippen LogP contribution < -0.4 is 18.9 Å². The fourth-order valence-electron chi connectivity index (χ4n) is 3.68. The van der Waals surface area contributed by atoms with E-state index in [2.05, 4.69) is 4.74 Å². The minimum atomic E-state index is -0.552. The van der Waals surface area contributed by atoms with E-state index in [9.17, 15) is 14.4 Å². The molecular formula is C25H26O9. The van der Waals surface area contributed by atoms with Gasteiger partial charge < -0.3 is 28.4 Å². The zero-order chi connectivity index (χ0) is 24.8. The molecule has 1 heterocycles. The molecule has 3 rings (SSSR count). The van der Waals surface area contributed by atoms with Crippen LogP contribution >= 0.6 is 0 Å². The van der Waals surface area contributed by atoms with Gasteiger partial charge in [0.05, 0.1) is 27.2 Å². The molecule has 2 atom stereocenters. The van der Waals surface area contributed by atoms with E-state index in [0.717, 1.165) is 11.1 Å². The number of carbonyl (C=O) groups is 3. The Kier molecular flexibility index (Phi) is 7.78. The predicted molar refractivity (Wildman–Crippen MR) is 121 cm³/mol. The largest absolute Gasteiger partial charge is 0.493 e. The van der Waals surface area contributed by atoms with E-state index >= 15 is 0 Å². The molecule has 0 saturated carbocycles. The highest BCUT2D eigenvalue weighted by atomic mass is 16.6. The third-order valence-electron chi connectivity index (χ3n) is 5.18. The van der Waals surface area contributed by atoms with Crippen LogP contribution in [0.15, 0.2) is 36.4 Å². The lowest BCUT2D eigenvalue weighted by molar-refractivity contribution is -0.142. The lowest BCUT2D eigenvalue weighted by Crippen LogP contribution is -2.17. The van der Waals surface area contributed by atoms with Gasteiger partial charge in [-0.25, -0.2) is 4.79 Å². The minimum absolute atomic E-state index is 0.0499. The Balaban J connectivity index is 2.05. The first-order chi connectivity index (χ1) is 16.3. The maximum Gasteiger partial charge on any atom is 0.330 e. The van der Waals surface area contributed by atoms with Crippen molar-refractivity contribution in [1.29, 1.82) is 0 Å². The van der Waals surface area contributed by atoms with Crippen molar-refractivity contribution >= 4 is 24.0 Å². The van der Waals surface area contributed by atoms with Gasteiger partial charge in [0.2, 0.25) is 0 Å². The normalized spacial score (nSPS) is 16.4. The monoisotopic (exact) mass is 470 g/mol. The van der Waals surface area contributed by atoms with Crippen LogP contribution in [-0.4, -0.2) is 45.8 Å². The van der Waals surface area contributed by atoms with Gasteiger partial charge in [0.15, 0.2) is 23.0 Å². The second-order valence-corrected chi connectivity index (χ2v) is 7.45. The average molecular weight is 470 g/mol. The van der Waals surface area contributed by atoms with Crippen LogP contribution in [-0.2, 0) is 23.9 Å². The summed E-state index contributed by atoms with van der Waals surface area (Å²) in [7, 11) is 4.28. The zero-order valence-corrected chi connectivity index (χ0v) is 19.6. The van der Waals surface area contributed by atoms with Gasteiger partial charge in [-0.1, -0.05) is 6.07 Å². The van der Waals surface area contributed by atoms with Crippen molar-refractivity contribution in [2.24, 2.45) is 0 Å². The molecule has 9 nitrogen and oxygen atoms in total. The standard InChI is InChI=1S/C25H26O9/c1-14(26)32-13-19-18-10-16(6-9-23(28)31-5)11-22(30-4)25(18)34-24(19)17-7-8-20(33-15(2)27)21(12-17)29-3/h6-12,19,24H,13H2,1-5H3/b9-6+/t19-,24+/m1/s1. The van der Waals surface area contributed by atoms with Crippen LogP contribution in [0.25, 0.3) is 6.08 Å². The second kappa shape index (κ2) is 10.7. The summed E-state index contributed by atoms with van der Waals surface area (Å²) in [6.07, 6.45) is 2.35. The summed E-state index contributed by atoms with van der Waals surface area (Å²) in [6, 6.07) is 8.65. The highest BCUT2D eigenvalue weighted by Gasteiger charge is 2.39. The zero-order valence-electron chi connectivity index (χ0n) is 19.6. The first kappa shape index (κ1) is 24.6. The summed E-state index contributed by atoms with van der Waals surface area (Å²) < 4.78 is 32.4. The van der Waals surface area contributed by atoms with Crippen LogP contribution in [0.1, 0.15) is 42.6 Å². The summed E-state index contributed by atoms with van der Waals surface area (Å²) in [4.78, 5) is 34.5. The highest BCUT2D eigenvalue weighted by molar-refractivity contribution is 5.87. The quantitative estimate of drug-likeness (QED) is 0.325. The molecule has 2 aromatic rings. The Morgan fingerprint density at radius 2 is 1.68 bits per heavy atom. The molecule has 180 valence electrons. The van der Waals surface area contributed by atoms with Crippen molar-refractivity contribution < 1.29 is 42.8 Å². The van der Waals surface area contributed by atoms with E-state index in [4.69, 9.17) is 23.7 Å². The SMILES string of the molecule is COC(=O)/C=C/c1cc(OC)c2c(c1)[C@@H](COC(C)=O)[C@H](c1ccc(OC(C)=O)c(OC)c1)O2. The molecule has 0 aliphatic carbocycles. The molecular weight excluding hydrogens is 444 g/mol. The fraction of sp³-hybridized carbons (Fsp3) is 0.320. The molecule has 34 heavy (non-hydrogen) atoms. The Hall–Kier alpha value is -4.01. The number of hydrogen-bond acceptors (Lipinski definition) is 9. The predicted octanol–water partition coefficient (Wildman–Crippen LogP) is 3.60. The lowest BCUT2D eigenvalue weighted by atomic mass is 9.90. The van der Waals surface area contributed by atoms with Gasteiger partial charge in [0.1, 0.15) is 12.7 Å². The molecule has 1 aliphatic rings. The third-order valence-corrected chi connectivity index (χ3v) is 5.18. The molecule has 0 N–H and O–H groups in total. The number of hydrogen-bond donors (Lipinski definition) is 0. The minimum Gasteiger partial charge on any atom is -0.493 e. The summed E-state index contributed by atoms with van der Waals surface area (Å²) in [5, 5.41) is 0. The van der Waals surface area contributed by atoms with Gasteiger partial charge in [-0.15, -0.1) is 0 Å². The summed E-state index contributed by atoms with van der Waals surface area (Å²) in [5.41, 5.74) is 2.15. The van der Waals surface area contributed by atoms with Gasteiger partial charge in [-0.2, -0.15) is 0 Å². The molecule has 0 aromatic heterocycles. The summed E-state index contributed by atoms with van der Waals surface area (Å²) in [5.74, 6) is -0.188. The number of fused-ring (bicyclic) bond motifs is 1. The van der Waals surface area contributed by atoms with Crippen LogP contribution in [0.5, 0.6) is 23.0 Å². The van der Waals surface area contributed by atoms with E-state index in [0.29, 0.717) is 22.8 Å². The van der Waals surface area contributed by atoms with E-state index in [-0.39, 0.29) is 18.3 Å². The van der Waals surface area contributed by atoms with Crippen molar-refractivity contribution in [1.82, 2.24) is 0 Å². The van der Waals surface area contributed by atoms with Crippen LogP contribution in [0, 0.1) is 0 Å². The van der Waals surface area contributed by atoms with E-state index in [1.807, 2.05) is 6.07 Å². The third kappa shape index (κ3) is 5.48. The fourth-order valence-corrected chi connectivity index (χ4v) is 3.68. The van der Waals surface area contributed by atoms with Gasteiger partial charge in [0, 0.05) is 25.5 Å².